The minimum atomic E-state index is 0.223. The Morgan fingerprint density at radius 2 is 1.94 bits per heavy atom. The highest BCUT2D eigenvalue weighted by Crippen LogP contribution is 2.31. The number of hydrogen-bond donors (Lipinski definition) is 0. The summed E-state index contributed by atoms with van der Waals surface area (Å²) in [5.41, 5.74) is 1.74. The molecule has 0 atom stereocenters. The SMILES string of the molecule is CC(C)C(C=O)=Cc1ccc2c(c1)OCCO2. The van der Waals surface area contributed by atoms with Crippen molar-refractivity contribution in [2.75, 3.05) is 13.2 Å². The van der Waals surface area contributed by atoms with Crippen molar-refractivity contribution in [3.05, 3.63) is 29.3 Å². The lowest BCUT2D eigenvalue weighted by molar-refractivity contribution is -0.105. The minimum Gasteiger partial charge on any atom is -0.486 e. The van der Waals surface area contributed by atoms with Gasteiger partial charge >= 0.3 is 0 Å². The van der Waals surface area contributed by atoms with Crippen LogP contribution in [0.5, 0.6) is 11.5 Å². The van der Waals surface area contributed by atoms with Crippen molar-refractivity contribution in [1.82, 2.24) is 0 Å². The monoisotopic (exact) mass is 232 g/mol. The van der Waals surface area contributed by atoms with Gasteiger partial charge in [0, 0.05) is 0 Å². The Hall–Kier alpha value is -1.77. The number of rotatable bonds is 3. The zero-order valence-corrected chi connectivity index (χ0v) is 10.1. The lowest BCUT2D eigenvalue weighted by atomic mass is 10.0. The Bertz CT molecular complexity index is 447. The Labute approximate surface area is 101 Å². The van der Waals surface area contributed by atoms with Crippen LogP contribution in [-0.2, 0) is 4.79 Å². The van der Waals surface area contributed by atoms with Gasteiger partial charge in [0.15, 0.2) is 11.5 Å². The van der Waals surface area contributed by atoms with Gasteiger partial charge in [0.25, 0.3) is 0 Å². The minimum absolute atomic E-state index is 0.223. The molecule has 3 heteroatoms. The molecule has 17 heavy (non-hydrogen) atoms. The van der Waals surface area contributed by atoms with Crippen molar-refractivity contribution in [2.45, 2.75) is 13.8 Å². The number of carbonyl (C=O) groups excluding carboxylic acids is 1. The topological polar surface area (TPSA) is 35.5 Å². The highest BCUT2D eigenvalue weighted by molar-refractivity contribution is 5.82. The second-order valence-corrected chi connectivity index (χ2v) is 4.32. The molecule has 1 aliphatic rings. The molecule has 3 nitrogen and oxygen atoms in total. The fraction of sp³-hybridized carbons (Fsp3) is 0.357. The van der Waals surface area contributed by atoms with Gasteiger partial charge < -0.3 is 9.47 Å². The number of allylic oxidation sites excluding steroid dienone is 1. The van der Waals surface area contributed by atoms with Crippen LogP contribution in [0.4, 0.5) is 0 Å². The molecule has 0 radical (unpaired) electrons. The molecule has 0 fully saturated rings. The normalized spacial score (nSPS) is 14.9. The molecular formula is C14H16O3. The van der Waals surface area contributed by atoms with Crippen LogP contribution in [0.25, 0.3) is 6.08 Å². The lowest BCUT2D eigenvalue weighted by Crippen LogP contribution is -2.15. The molecule has 1 aromatic carbocycles. The van der Waals surface area contributed by atoms with E-state index in [0.717, 1.165) is 28.9 Å². The maximum atomic E-state index is 10.9. The molecule has 1 heterocycles. The molecule has 0 aliphatic carbocycles. The number of ether oxygens (including phenoxy) is 2. The molecule has 0 aromatic heterocycles. The lowest BCUT2D eigenvalue weighted by Gasteiger charge is -2.18. The van der Waals surface area contributed by atoms with Gasteiger partial charge in [-0.25, -0.2) is 0 Å². The number of benzene rings is 1. The molecule has 0 amide bonds. The summed E-state index contributed by atoms with van der Waals surface area (Å²) < 4.78 is 10.9. The van der Waals surface area contributed by atoms with Crippen molar-refractivity contribution in [1.29, 1.82) is 0 Å². The summed E-state index contributed by atoms with van der Waals surface area (Å²) in [5.74, 6) is 1.74. The van der Waals surface area contributed by atoms with Crippen LogP contribution in [0.2, 0.25) is 0 Å². The highest BCUT2D eigenvalue weighted by Gasteiger charge is 2.11. The summed E-state index contributed by atoms with van der Waals surface area (Å²) in [6.07, 6.45) is 2.79. The van der Waals surface area contributed by atoms with E-state index < -0.39 is 0 Å². The quantitative estimate of drug-likeness (QED) is 0.593. The fourth-order valence-electron chi connectivity index (χ4n) is 1.68. The molecule has 0 saturated heterocycles. The maximum absolute atomic E-state index is 10.9. The van der Waals surface area contributed by atoms with Crippen molar-refractivity contribution in [3.63, 3.8) is 0 Å². The van der Waals surface area contributed by atoms with E-state index in [-0.39, 0.29) is 5.92 Å². The molecule has 90 valence electrons. The molecule has 0 spiro atoms. The van der Waals surface area contributed by atoms with Gasteiger partial charge in [0.05, 0.1) is 0 Å². The van der Waals surface area contributed by atoms with Gasteiger partial charge in [-0.05, 0) is 35.3 Å². The van der Waals surface area contributed by atoms with E-state index in [1.165, 1.54) is 0 Å². The summed E-state index contributed by atoms with van der Waals surface area (Å²) in [4.78, 5) is 10.9. The summed E-state index contributed by atoms with van der Waals surface area (Å²) in [6, 6.07) is 5.71. The van der Waals surface area contributed by atoms with Crippen LogP contribution in [0.15, 0.2) is 23.8 Å². The van der Waals surface area contributed by atoms with Crippen molar-refractivity contribution in [3.8, 4) is 11.5 Å². The molecule has 0 bridgehead atoms. The third-order valence-electron chi connectivity index (χ3n) is 2.70. The molecule has 0 unspecified atom stereocenters. The van der Waals surface area contributed by atoms with Crippen LogP contribution in [0, 0.1) is 5.92 Å². The first-order valence-corrected chi connectivity index (χ1v) is 5.77. The zero-order valence-electron chi connectivity index (χ0n) is 10.1. The number of aldehydes is 1. The summed E-state index contributed by atoms with van der Waals surface area (Å²) in [7, 11) is 0. The average Bonchev–Trinajstić information content (AvgIpc) is 2.35. The van der Waals surface area contributed by atoms with E-state index in [1.54, 1.807) is 0 Å². The van der Waals surface area contributed by atoms with Gasteiger partial charge in [-0.3, -0.25) is 4.79 Å². The van der Waals surface area contributed by atoms with E-state index in [1.807, 2.05) is 38.1 Å². The van der Waals surface area contributed by atoms with Crippen LogP contribution in [0.3, 0.4) is 0 Å². The standard InChI is InChI=1S/C14H16O3/c1-10(2)12(9-15)7-11-3-4-13-14(8-11)17-6-5-16-13/h3-4,7-10H,5-6H2,1-2H3. The first-order valence-electron chi connectivity index (χ1n) is 5.77. The molecule has 1 aliphatic heterocycles. The molecule has 1 aromatic rings. The predicted octanol–water partition coefficient (Wildman–Crippen LogP) is 2.70. The predicted molar refractivity (Wildman–Crippen MR) is 66.3 cm³/mol. The summed E-state index contributed by atoms with van der Waals surface area (Å²) in [6.45, 7) is 5.16. The Morgan fingerprint density at radius 3 is 2.59 bits per heavy atom. The zero-order chi connectivity index (χ0) is 12.3. The fourth-order valence-corrected chi connectivity index (χ4v) is 1.68. The van der Waals surface area contributed by atoms with E-state index in [2.05, 4.69) is 0 Å². The van der Waals surface area contributed by atoms with Gasteiger partial charge in [0.2, 0.25) is 0 Å². The third kappa shape index (κ3) is 2.67. The number of carbonyl (C=O) groups is 1. The van der Waals surface area contributed by atoms with Crippen LogP contribution < -0.4 is 9.47 Å². The summed E-state index contributed by atoms with van der Waals surface area (Å²) in [5, 5.41) is 0. The van der Waals surface area contributed by atoms with Crippen molar-refractivity contribution >= 4 is 12.4 Å². The first-order chi connectivity index (χ1) is 8.20. The molecular weight excluding hydrogens is 216 g/mol. The van der Waals surface area contributed by atoms with Crippen LogP contribution in [0.1, 0.15) is 19.4 Å². The molecule has 0 N–H and O–H groups in total. The van der Waals surface area contributed by atoms with E-state index in [0.29, 0.717) is 13.2 Å². The second-order valence-electron chi connectivity index (χ2n) is 4.32. The van der Waals surface area contributed by atoms with E-state index >= 15 is 0 Å². The smallest absolute Gasteiger partial charge is 0.161 e. The van der Waals surface area contributed by atoms with Crippen LogP contribution >= 0.6 is 0 Å². The number of fused-ring (bicyclic) bond motifs is 1. The summed E-state index contributed by atoms with van der Waals surface area (Å²) >= 11 is 0. The van der Waals surface area contributed by atoms with Gasteiger partial charge in [-0.15, -0.1) is 0 Å². The second kappa shape index (κ2) is 5.04. The Kier molecular flexibility index (Phi) is 3.47. The molecule has 2 rings (SSSR count). The van der Waals surface area contributed by atoms with Gasteiger partial charge in [-0.1, -0.05) is 19.9 Å². The van der Waals surface area contributed by atoms with Crippen molar-refractivity contribution in [2.24, 2.45) is 5.92 Å². The molecule has 0 saturated carbocycles. The van der Waals surface area contributed by atoms with Crippen molar-refractivity contribution < 1.29 is 14.3 Å². The Morgan fingerprint density at radius 1 is 1.24 bits per heavy atom. The highest BCUT2D eigenvalue weighted by atomic mass is 16.6. The van der Waals surface area contributed by atoms with E-state index in [4.69, 9.17) is 9.47 Å². The largest absolute Gasteiger partial charge is 0.486 e. The maximum Gasteiger partial charge on any atom is 0.161 e. The van der Waals surface area contributed by atoms with Crippen LogP contribution in [-0.4, -0.2) is 19.5 Å². The van der Waals surface area contributed by atoms with Gasteiger partial charge in [0.1, 0.15) is 19.5 Å². The third-order valence-corrected chi connectivity index (χ3v) is 2.70. The Balaban J connectivity index is 2.30. The van der Waals surface area contributed by atoms with E-state index in [9.17, 15) is 4.79 Å². The number of hydrogen-bond acceptors (Lipinski definition) is 3. The average molecular weight is 232 g/mol. The first kappa shape index (κ1) is 11.7. The van der Waals surface area contributed by atoms with Gasteiger partial charge in [-0.2, -0.15) is 0 Å².